The van der Waals surface area contributed by atoms with Crippen LogP contribution in [-0.4, -0.2) is 14.8 Å². The third-order valence-electron chi connectivity index (χ3n) is 6.21. The molecule has 0 aliphatic rings. The number of nitrogens with zero attached hydrogens (tertiary/aromatic N) is 3. The zero-order valence-corrected chi connectivity index (χ0v) is 22.9. The average molecular weight is 550 g/mol. The molecule has 3 nitrogen and oxygen atoms in total. The molecule has 0 atom stereocenters. The summed E-state index contributed by atoms with van der Waals surface area (Å²) in [7, 11) is -10.0. The quantitative estimate of drug-likeness (QED) is 0.205. The van der Waals surface area contributed by atoms with Gasteiger partial charge in [0.2, 0.25) is 0 Å². The monoisotopic (exact) mass is 549 g/mol. The van der Waals surface area contributed by atoms with Gasteiger partial charge < -0.3 is 0 Å². The van der Waals surface area contributed by atoms with E-state index in [0.29, 0.717) is 22.9 Å². The fraction of sp³-hybridized carbons (Fsp3) is 0.310. The van der Waals surface area contributed by atoms with Crippen molar-refractivity contribution < 1.29 is 19.4 Å². The highest BCUT2D eigenvalue weighted by atomic mass is 32.5. The molecule has 4 aromatic rings. The van der Waals surface area contributed by atoms with Crippen molar-refractivity contribution in [2.75, 3.05) is 0 Å². The molecule has 38 heavy (non-hydrogen) atoms. The minimum absolute atomic E-state index is 0.150. The molecule has 3 aromatic carbocycles. The molecule has 4 rings (SSSR count). The van der Waals surface area contributed by atoms with Gasteiger partial charge in [0.05, 0.1) is 0 Å². The van der Waals surface area contributed by atoms with Gasteiger partial charge >= 0.3 is 10.2 Å². The maximum absolute atomic E-state index is 14.6. The van der Waals surface area contributed by atoms with E-state index in [-0.39, 0.29) is 24.7 Å². The molecule has 0 radical (unpaired) electrons. The highest BCUT2D eigenvalue weighted by molar-refractivity contribution is 8.45. The van der Waals surface area contributed by atoms with E-state index in [1.54, 1.807) is 32.3 Å². The topological polar surface area (TPSA) is 30.7 Å². The van der Waals surface area contributed by atoms with Gasteiger partial charge in [-0.25, -0.2) is 0 Å². The molecule has 0 aliphatic heterocycles. The van der Waals surface area contributed by atoms with Crippen LogP contribution < -0.4 is 0 Å². The molecule has 0 unspecified atom stereocenters. The summed E-state index contributed by atoms with van der Waals surface area (Å²) < 4.78 is 74.4. The first kappa shape index (κ1) is 27.8. The summed E-state index contributed by atoms with van der Waals surface area (Å²) in [4.78, 5) is -1.75. The Hall–Kier alpha value is -3.20. The molecular formula is C29H32F5N3S. The number of hydrogen-bond donors (Lipinski definition) is 0. The van der Waals surface area contributed by atoms with Crippen LogP contribution in [0.25, 0.3) is 28.5 Å². The second kappa shape index (κ2) is 9.22. The van der Waals surface area contributed by atoms with Crippen molar-refractivity contribution in [1.29, 1.82) is 0 Å². The predicted octanol–water partition coefficient (Wildman–Crippen LogP) is 9.96. The molecular weight excluding hydrogens is 517 g/mol. The molecule has 0 bridgehead atoms. The smallest absolute Gasteiger partial charge is 0.275 e. The van der Waals surface area contributed by atoms with Crippen LogP contribution in [-0.2, 0) is 12.8 Å². The van der Waals surface area contributed by atoms with Crippen molar-refractivity contribution in [3.8, 4) is 28.5 Å². The lowest BCUT2D eigenvalue weighted by atomic mass is 9.95. The van der Waals surface area contributed by atoms with Gasteiger partial charge in [-0.1, -0.05) is 102 Å². The number of benzene rings is 3. The zero-order valence-electron chi connectivity index (χ0n) is 22.1. The Morgan fingerprint density at radius 3 is 1.71 bits per heavy atom. The molecule has 1 heterocycles. The van der Waals surface area contributed by atoms with Gasteiger partial charge in [0.1, 0.15) is 4.90 Å². The molecule has 1 aromatic heterocycles. The van der Waals surface area contributed by atoms with Gasteiger partial charge in [-0.15, -0.1) is 10.2 Å². The third kappa shape index (κ3) is 5.93. The summed E-state index contributed by atoms with van der Waals surface area (Å²) in [5.41, 5.74) is 1.85. The summed E-state index contributed by atoms with van der Waals surface area (Å²) in [5, 5.41) is 8.84. The molecule has 0 aliphatic carbocycles. The highest BCUT2D eigenvalue weighted by Crippen LogP contribution is 3.03. The summed E-state index contributed by atoms with van der Waals surface area (Å²) in [5.74, 6) is 0.283. The van der Waals surface area contributed by atoms with E-state index in [4.69, 9.17) is 0 Å². The van der Waals surface area contributed by atoms with E-state index in [1.165, 1.54) is 12.1 Å². The lowest BCUT2D eigenvalue weighted by Crippen LogP contribution is -2.17. The summed E-state index contributed by atoms with van der Waals surface area (Å²) in [6.07, 6.45) is -0.301. The second-order valence-corrected chi connectivity index (χ2v) is 13.0. The fourth-order valence-corrected chi connectivity index (χ4v) is 6.12. The van der Waals surface area contributed by atoms with Crippen LogP contribution in [0.1, 0.15) is 44.4 Å². The maximum Gasteiger partial charge on any atom is 0.310 e. The minimum atomic E-state index is -10.0. The molecule has 0 saturated heterocycles. The first-order valence-corrected chi connectivity index (χ1v) is 14.5. The van der Waals surface area contributed by atoms with E-state index in [1.807, 2.05) is 61.5 Å². The van der Waals surface area contributed by atoms with Crippen LogP contribution in [0.2, 0.25) is 0 Å². The Labute approximate surface area is 220 Å². The first-order valence-electron chi connectivity index (χ1n) is 12.5. The lowest BCUT2D eigenvalue weighted by molar-refractivity contribution is 0.359. The van der Waals surface area contributed by atoms with E-state index in [0.717, 1.165) is 11.1 Å². The lowest BCUT2D eigenvalue weighted by Gasteiger charge is -2.43. The molecule has 0 amide bonds. The predicted molar refractivity (Wildman–Crippen MR) is 145 cm³/mol. The van der Waals surface area contributed by atoms with Crippen molar-refractivity contribution in [2.45, 2.75) is 52.4 Å². The van der Waals surface area contributed by atoms with Crippen molar-refractivity contribution >= 4 is 10.2 Å². The van der Waals surface area contributed by atoms with Crippen LogP contribution in [0.4, 0.5) is 19.4 Å². The molecule has 0 fully saturated rings. The van der Waals surface area contributed by atoms with Crippen LogP contribution >= 0.6 is 10.2 Å². The maximum atomic E-state index is 14.6. The van der Waals surface area contributed by atoms with E-state index >= 15 is 0 Å². The number of halogens is 5. The molecule has 0 saturated carbocycles. The summed E-state index contributed by atoms with van der Waals surface area (Å²) >= 11 is 0. The minimum Gasteiger partial charge on any atom is -0.275 e. The normalized spacial score (nSPS) is 14.1. The Bertz CT molecular complexity index is 1430. The molecule has 0 N–H and O–H groups in total. The van der Waals surface area contributed by atoms with Crippen molar-refractivity contribution in [3.05, 3.63) is 83.4 Å². The first-order chi connectivity index (χ1) is 17.5. The third-order valence-corrected chi connectivity index (χ3v) is 7.50. The average Bonchev–Trinajstić information content (AvgIpc) is 3.22. The van der Waals surface area contributed by atoms with Crippen LogP contribution in [0.3, 0.4) is 0 Å². The van der Waals surface area contributed by atoms with Gasteiger partial charge in [-0.2, -0.15) is 0 Å². The highest BCUT2D eigenvalue weighted by Gasteiger charge is 2.67. The van der Waals surface area contributed by atoms with Gasteiger partial charge in [0.15, 0.2) is 11.6 Å². The summed E-state index contributed by atoms with van der Waals surface area (Å²) in [6, 6.07) is 19.1. The van der Waals surface area contributed by atoms with Gasteiger partial charge in [0, 0.05) is 16.8 Å². The van der Waals surface area contributed by atoms with Gasteiger partial charge in [0.25, 0.3) is 0 Å². The largest absolute Gasteiger partial charge is 0.310 e. The van der Waals surface area contributed by atoms with Crippen LogP contribution in [0.15, 0.2) is 71.6 Å². The second-order valence-electron chi connectivity index (χ2n) is 10.6. The fourth-order valence-electron chi connectivity index (χ4n) is 4.84. The van der Waals surface area contributed by atoms with Gasteiger partial charge in [-0.05, 0) is 60.4 Å². The van der Waals surface area contributed by atoms with E-state index < -0.39 is 26.2 Å². The van der Waals surface area contributed by atoms with E-state index in [9.17, 15) is 19.4 Å². The van der Waals surface area contributed by atoms with Crippen LogP contribution in [0.5, 0.6) is 0 Å². The molecule has 9 heteroatoms. The summed E-state index contributed by atoms with van der Waals surface area (Å²) in [6.45, 7) is 8.78. The Morgan fingerprint density at radius 1 is 0.711 bits per heavy atom. The number of aryl methyl sites for hydroxylation is 1. The molecule has 0 spiro atoms. The van der Waals surface area contributed by atoms with Crippen molar-refractivity contribution in [3.63, 3.8) is 0 Å². The Kier molecular flexibility index (Phi) is 6.75. The van der Waals surface area contributed by atoms with Gasteiger partial charge in [-0.3, -0.25) is 4.57 Å². The van der Waals surface area contributed by atoms with Crippen molar-refractivity contribution in [1.82, 2.24) is 14.8 Å². The standard InChI is InChI=1S/C29H32F5N3S/c1-19(2)15-23-17-25(18-24(16-20(3)4)27(23)38(30,31,32,33)34)37-28(22-12-7-6-8-13-22)35-36-29(37)26-14-10-9-11-21(26)5/h6-14,17-20H,15-16H2,1-5H3. The number of aromatic nitrogens is 3. The molecule has 204 valence electrons. The Balaban J connectivity index is 2.12. The van der Waals surface area contributed by atoms with E-state index in [2.05, 4.69) is 10.2 Å². The SMILES string of the molecule is Cc1ccccc1-c1nnc(-c2ccccc2)n1-c1cc(CC(C)C)c(S(F)(F)(F)(F)F)c(CC(C)C)c1. The number of hydrogen-bond acceptors (Lipinski definition) is 2. The zero-order chi connectivity index (χ0) is 27.9. The Morgan fingerprint density at radius 2 is 1.21 bits per heavy atom. The van der Waals surface area contributed by atoms with Crippen LogP contribution in [0, 0.1) is 18.8 Å². The number of rotatable bonds is 8. The van der Waals surface area contributed by atoms with Crippen molar-refractivity contribution in [2.24, 2.45) is 11.8 Å².